The zero-order chi connectivity index (χ0) is 9.68. The second kappa shape index (κ2) is 5.04. The maximum Gasteiger partial charge on any atom is 0.145 e. The summed E-state index contributed by atoms with van der Waals surface area (Å²) in [5.74, 6) is 0.703. The third-order valence-corrected chi connectivity index (χ3v) is 1.86. The van der Waals surface area contributed by atoms with E-state index in [0.29, 0.717) is 17.4 Å². The maximum atomic E-state index is 5.90. The Morgan fingerprint density at radius 3 is 3.08 bits per heavy atom. The van der Waals surface area contributed by atoms with Crippen LogP contribution in [0.3, 0.4) is 0 Å². The molecule has 1 atom stereocenters. The van der Waals surface area contributed by atoms with E-state index >= 15 is 0 Å². The molecule has 13 heavy (non-hydrogen) atoms. The summed E-state index contributed by atoms with van der Waals surface area (Å²) in [7, 11) is 1.66. The van der Waals surface area contributed by atoms with Crippen LogP contribution in [-0.4, -0.2) is 24.7 Å². The Morgan fingerprint density at radius 2 is 2.46 bits per heavy atom. The Labute approximate surface area is 83.1 Å². The van der Waals surface area contributed by atoms with E-state index in [4.69, 9.17) is 16.3 Å². The van der Waals surface area contributed by atoms with Gasteiger partial charge in [-0.2, -0.15) is 0 Å². The van der Waals surface area contributed by atoms with Gasteiger partial charge >= 0.3 is 0 Å². The van der Waals surface area contributed by atoms with E-state index < -0.39 is 0 Å². The highest BCUT2D eigenvalue weighted by atomic mass is 35.5. The molecular weight excluding hydrogens is 188 g/mol. The van der Waals surface area contributed by atoms with Crippen LogP contribution in [0.1, 0.15) is 6.92 Å². The van der Waals surface area contributed by atoms with Gasteiger partial charge in [0.1, 0.15) is 5.82 Å². The highest BCUT2D eigenvalue weighted by Gasteiger charge is 2.04. The number of ether oxygens (including phenoxy) is 1. The molecule has 0 radical (unpaired) electrons. The van der Waals surface area contributed by atoms with Crippen molar-refractivity contribution in [1.29, 1.82) is 0 Å². The third-order valence-electron chi connectivity index (χ3n) is 1.56. The summed E-state index contributed by atoms with van der Waals surface area (Å²) in [6.45, 7) is 2.64. The van der Waals surface area contributed by atoms with Gasteiger partial charge in [0.2, 0.25) is 0 Å². The van der Waals surface area contributed by atoms with E-state index in [1.807, 2.05) is 6.92 Å². The van der Waals surface area contributed by atoms with Crippen molar-refractivity contribution < 1.29 is 4.74 Å². The molecule has 0 saturated carbocycles. The fraction of sp³-hybridized carbons (Fsp3) is 0.444. The molecule has 1 rings (SSSR count). The van der Waals surface area contributed by atoms with Crippen molar-refractivity contribution in [2.45, 2.75) is 13.0 Å². The Kier molecular flexibility index (Phi) is 3.99. The summed E-state index contributed by atoms with van der Waals surface area (Å²) >= 11 is 5.90. The van der Waals surface area contributed by atoms with Gasteiger partial charge < -0.3 is 10.1 Å². The van der Waals surface area contributed by atoms with E-state index in [1.165, 1.54) is 0 Å². The molecule has 0 bridgehead atoms. The monoisotopic (exact) mass is 200 g/mol. The molecule has 0 fully saturated rings. The number of hydrogen-bond donors (Lipinski definition) is 1. The topological polar surface area (TPSA) is 34.1 Å². The van der Waals surface area contributed by atoms with E-state index in [2.05, 4.69) is 10.3 Å². The Balaban J connectivity index is 2.58. The standard InChI is InChI=1S/C9H13ClN2O/c1-7(6-13-2)12-9-8(10)4-3-5-11-9/h3-5,7H,6H2,1-2H3,(H,11,12). The number of nitrogens with one attached hydrogen (secondary N) is 1. The van der Waals surface area contributed by atoms with Crippen LogP contribution in [0.25, 0.3) is 0 Å². The molecule has 4 heteroatoms. The molecule has 0 aliphatic carbocycles. The number of pyridine rings is 1. The average Bonchev–Trinajstić information content (AvgIpc) is 2.09. The lowest BCUT2D eigenvalue weighted by Crippen LogP contribution is -2.21. The molecule has 1 unspecified atom stereocenters. The smallest absolute Gasteiger partial charge is 0.145 e. The van der Waals surface area contributed by atoms with Gasteiger partial charge in [0.15, 0.2) is 0 Å². The van der Waals surface area contributed by atoms with Crippen LogP contribution < -0.4 is 5.32 Å². The first-order chi connectivity index (χ1) is 6.24. The Bertz CT molecular complexity index is 268. The van der Waals surface area contributed by atoms with E-state index in [0.717, 1.165) is 0 Å². The maximum absolute atomic E-state index is 5.90. The molecule has 0 aliphatic heterocycles. The predicted molar refractivity (Wildman–Crippen MR) is 54.2 cm³/mol. The number of halogens is 1. The lowest BCUT2D eigenvalue weighted by Gasteiger charge is -2.13. The number of anilines is 1. The fourth-order valence-corrected chi connectivity index (χ4v) is 1.19. The molecule has 1 aromatic rings. The van der Waals surface area contributed by atoms with Crippen molar-refractivity contribution in [2.24, 2.45) is 0 Å². The third kappa shape index (κ3) is 3.20. The van der Waals surface area contributed by atoms with Crippen LogP contribution in [0, 0.1) is 0 Å². The van der Waals surface area contributed by atoms with Gasteiger partial charge in [0.25, 0.3) is 0 Å². The number of aromatic nitrogens is 1. The lowest BCUT2D eigenvalue weighted by atomic mass is 10.3. The zero-order valence-electron chi connectivity index (χ0n) is 7.75. The van der Waals surface area contributed by atoms with Crippen molar-refractivity contribution in [3.63, 3.8) is 0 Å². The van der Waals surface area contributed by atoms with Gasteiger partial charge in [-0.05, 0) is 19.1 Å². The van der Waals surface area contributed by atoms with Crippen molar-refractivity contribution in [2.75, 3.05) is 19.0 Å². The lowest BCUT2D eigenvalue weighted by molar-refractivity contribution is 0.190. The van der Waals surface area contributed by atoms with Gasteiger partial charge in [0, 0.05) is 19.3 Å². The summed E-state index contributed by atoms with van der Waals surface area (Å²) in [5.41, 5.74) is 0. The van der Waals surface area contributed by atoms with Crippen LogP contribution in [0.15, 0.2) is 18.3 Å². The minimum atomic E-state index is 0.206. The summed E-state index contributed by atoms with van der Waals surface area (Å²) in [6, 6.07) is 3.81. The molecule has 0 aromatic carbocycles. The minimum Gasteiger partial charge on any atom is -0.383 e. The molecule has 0 spiro atoms. The number of hydrogen-bond acceptors (Lipinski definition) is 3. The molecule has 72 valence electrons. The molecule has 1 N–H and O–H groups in total. The SMILES string of the molecule is COCC(C)Nc1ncccc1Cl. The van der Waals surface area contributed by atoms with Crippen LogP contribution >= 0.6 is 11.6 Å². The highest BCUT2D eigenvalue weighted by Crippen LogP contribution is 2.17. The molecule has 0 saturated heterocycles. The average molecular weight is 201 g/mol. The molecule has 3 nitrogen and oxygen atoms in total. The number of methoxy groups -OCH3 is 1. The zero-order valence-corrected chi connectivity index (χ0v) is 8.51. The minimum absolute atomic E-state index is 0.206. The van der Waals surface area contributed by atoms with Crippen LogP contribution in [-0.2, 0) is 4.74 Å². The van der Waals surface area contributed by atoms with Gasteiger partial charge in [-0.25, -0.2) is 4.98 Å². The van der Waals surface area contributed by atoms with Crippen molar-refractivity contribution >= 4 is 17.4 Å². The molecule has 1 aromatic heterocycles. The van der Waals surface area contributed by atoms with Crippen LogP contribution in [0.4, 0.5) is 5.82 Å². The quantitative estimate of drug-likeness (QED) is 0.809. The van der Waals surface area contributed by atoms with Gasteiger partial charge in [-0.15, -0.1) is 0 Å². The number of nitrogens with zero attached hydrogens (tertiary/aromatic N) is 1. The molecule has 0 amide bonds. The van der Waals surface area contributed by atoms with Gasteiger partial charge in [0.05, 0.1) is 11.6 Å². The summed E-state index contributed by atoms with van der Waals surface area (Å²) < 4.78 is 4.98. The summed E-state index contributed by atoms with van der Waals surface area (Å²) in [4.78, 5) is 4.10. The Morgan fingerprint density at radius 1 is 1.69 bits per heavy atom. The highest BCUT2D eigenvalue weighted by molar-refractivity contribution is 6.32. The second-order valence-corrected chi connectivity index (χ2v) is 3.24. The first-order valence-corrected chi connectivity index (χ1v) is 4.48. The first-order valence-electron chi connectivity index (χ1n) is 4.10. The van der Waals surface area contributed by atoms with E-state index in [-0.39, 0.29) is 6.04 Å². The van der Waals surface area contributed by atoms with Crippen molar-refractivity contribution in [3.8, 4) is 0 Å². The normalized spacial score (nSPS) is 12.5. The summed E-state index contributed by atoms with van der Waals surface area (Å²) in [6.07, 6.45) is 1.70. The van der Waals surface area contributed by atoms with Crippen LogP contribution in [0.2, 0.25) is 5.02 Å². The first kappa shape index (κ1) is 10.3. The number of rotatable bonds is 4. The second-order valence-electron chi connectivity index (χ2n) is 2.83. The van der Waals surface area contributed by atoms with Gasteiger partial charge in [-0.3, -0.25) is 0 Å². The molecule has 1 heterocycles. The fourth-order valence-electron chi connectivity index (χ4n) is 1.02. The summed E-state index contributed by atoms with van der Waals surface area (Å²) in [5, 5.41) is 3.77. The van der Waals surface area contributed by atoms with E-state index in [1.54, 1.807) is 25.4 Å². The predicted octanol–water partition coefficient (Wildman–Crippen LogP) is 2.18. The molecule has 0 aliphatic rings. The largest absolute Gasteiger partial charge is 0.383 e. The van der Waals surface area contributed by atoms with Crippen molar-refractivity contribution in [1.82, 2.24) is 4.98 Å². The van der Waals surface area contributed by atoms with Gasteiger partial charge in [-0.1, -0.05) is 11.6 Å². The van der Waals surface area contributed by atoms with E-state index in [9.17, 15) is 0 Å². The van der Waals surface area contributed by atoms with Crippen LogP contribution in [0.5, 0.6) is 0 Å². The molecular formula is C9H13ClN2O. The van der Waals surface area contributed by atoms with Crippen molar-refractivity contribution in [3.05, 3.63) is 23.4 Å². The Hall–Kier alpha value is -0.800.